The number of hydrogen-bond donors (Lipinski definition) is 0. The molecule has 0 amide bonds. The molecular weight excluding hydrogens is 252 g/mol. The van der Waals surface area contributed by atoms with Gasteiger partial charge in [-0.15, -0.1) is 11.8 Å². The summed E-state index contributed by atoms with van der Waals surface area (Å²) in [6.45, 7) is 1.96. The van der Waals surface area contributed by atoms with Gasteiger partial charge in [0.15, 0.2) is 5.65 Å². The normalized spacial score (nSPS) is 12.6. The number of fused-ring (bicyclic) bond motifs is 1. The van der Waals surface area contributed by atoms with Crippen LogP contribution < -0.4 is 0 Å². The van der Waals surface area contributed by atoms with Gasteiger partial charge in [-0.05, 0) is 0 Å². The largest absolute Gasteiger partial charge is 0.469 e. The van der Waals surface area contributed by atoms with E-state index < -0.39 is 0 Å². The summed E-state index contributed by atoms with van der Waals surface area (Å²) in [5.41, 5.74) is 0.790. The van der Waals surface area contributed by atoms with Gasteiger partial charge in [0, 0.05) is 12.3 Å². The van der Waals surface area contributed by atoms with Crippen molar-refractivity contribution in [2.75, 3.05) is 7.11 Å². The molecule has 0 bridgehead atoms. The van der Waals surface area contributed by atoms with E-state index in [4.69, 9.17) is 0 Å². The zero-order chi connectivity index (χ0) is 13.1. The van der Waals surface area contributed by atoms with E-state index in [9.17, 15) is 4.79 Å². The molecule has 0 fully saturated rings. The number of carbonyl (C=O) groups excluding carboxylic acids is 1. The highest BCUT2D eigenvalue weighted by Gasteiger charge is 2.15. The van der Waals surface area contributed by atoms with E-state index in [0.29, 0.717) is 6.42 Å². The lowest BCUT2D eigenvalue weighted by atomic mass is 10.3. The number of rotatable bonds is 4. The molecule has 18 heavy (non-hydrogen) atoms. The summed E-state index contributed by atoms with van der Waals surface area (Å²) in [7, 11) is 3.23. The molecule has 6 nitrogen and oxygen atoms in total. The Morgan fingerprint density at radius 3 is 3.06 bits per heavy atom. The minimum Gasteiger partial charge on any atom is -0.469 e. The van der Waals surface area contributed by atoms with Crippen molar-refractivity contribution < 1.29 is 9.53 Å². The van der Waals surface area contributed by atoms with Crippen molar-refractivity contribution in [1.82, 2.24) is 19.7 Å². The average molecular weight is 266 g/mol. The first-order chi connectivity index (χ1) is 8.61. The lowest BCUT2D eigenvalue weighted by molar-refractivity contribution is -0.140. The van der Waals surface area contributed by atoms with Crippen LogP contribution in [0.1, 0.15) is 13.3 Å². The highest BCUT2D eigenvalue weighted by Crippen LogP contribution is 2.28. The second-order valence-electron chi connectivity index (χ2n) is 3.89. The number of aromatic nitrogens is 4. The van der Waals surface area contributed by atoms with E-state index in [1.54, 1.807) is 10.9 Å². The van der Waals surface area contributed by atoms with Crippen molar-refractivity contribution in [1.29, 1.82) is 0 Å². The summed E-state index contributed by atoms with van der Waals surface area (Å²) in [5.74, 6) is -0.216. The van der Waals surface area contributed by atoms with E-state index in [1.807, 2.05) is 14.0 Å². The number of carbonyl (C=O) groups is 1. The van der Waals surface area contributed by atoms with E-state index in [2.05, 4.69) is 19.8 Å². The van der Waals surface area contributed by atoms with Crippen molar-refractivity contribution in [2.24, 2.45) is 7.05 Å². The van der Waals surface area contributed by atoms with Crippen molar-refractivity contribution in [3.63, 3.8) is 0 Å². The van der Waals surface area contributed by atoms with Crippen LogP contribution in [0.2, 0.25) is 0 Å². The molecule has 0 N–H and O–H groups in total. The first-order valence-corrected chi connectivity index (χ1v) is 6.36. The predicted molar refractivity (Wildman–Crippen MR) is 68.3 cm³/mol. The molecule has 0 saturated carbocycles. The highest BCUT2D eigenvalue weighted by atomic mass is 32.2. The van der Waals surface area contributed by atoms with Crippen LogP contribution in [0.25, 0.3) is 11.0 Å². The Labute approximate surface area is 109 Å². The molecule has 0 saturated heterocycles. The maximum absolute atomic E-state index is 11.2. The molecule has 1 atom stereocenters. The fraction of sp³-hybridized carbons (Fsp3) is 0.455. The number of hydrogen-bond acceptors (Lipinski definition) is 6. The Morgan fingerprint density at radius 1 is 1.56 bits per heavy atom. The quantitative estimate of drug-likeness (QED) is 0.473. The lowest BCUT2D eigenvalue weighted by Gasteiger charge is -2.09. The lowest BCUT2D eigenvalue weighted by Crippen LogP contribution is -2.08. The van der Waals surface area contributed by atoms with E-state index in [1.165, 1.54) is 25.2 Å². The van der Waals surface area contributed by atoms with Crippen molar-refractivity contribution in [3.8, 4) is 0 Å². The number of thioether (sulfide) groups is 1. The summed E-state index contributed by atoms with van der Waals surface area (Å²) in [6, 6.07) is 0. The molecule has 0 spiro atoms. The SMILES string of the molecule is COC(=O)CC(C)Sc1ncnc2c1cnn2C. The molecule has 7 heteroatoms. The molecule has 0 aliphatic heterocycles. The summed E-state index contributed by atoms with van der Waals surface area (Å²) in [6.07, 6.45) is 3.60. The molecule has 0 aliphatic rings. The average Bonchev–Trinajstić information content (AvgIpc) is 2.72. The van der Waals surface area contributed by atoms with Gasteiger partial charge >= 0.3 is 5.97 Å². The third kappa shape index (κ3) is 2.61. The van der Waals surface area contributed by atoms with Gasteiger partial charge in [-0.3, -0.25) is 9.48 Å². The molecule has 2 heterocycles. The number of methoxy groups -OCH3 is 1. The highest BCUT2D eigenvalue weighted by molar-refractivity contribution is 8.00. The fourth-order valence-electron chi connectivity index (χ4n) is 1.58. The third-order valence-electron chi connectivity index (χ3n) is 2.49. The van der Waals surface area contributed by atoms with Gasteiger partial charge in [-0.2, -0.15) is 5.10 Å². The summed E-state index contributed by atoms with van der Waals surface area (Å²) >= 11 is 1.52. The van der Waals surface area contributed by atoms with Gasteiger partial charge in [0.2, 0.25) is 0 Å². The number of ether oxygens (including phenoxy) is 1. The van der Waals surface area contributed by atoms with Gasteiger partial charge in [-0.25, -0.2) is 9.97 Å². The van der Waals surface area contributed by atoms with E-state index in [-0.39, 0.29) is 11.2 Å². The van der Waals surface area contributed by atoms with E-state index >= 15 is 0 Å². The summed E-state index contributed by atoms with van der Waals surface area (Å²) in [4.78, 5) is 19.6. The second kappa shape index (κ2) is 5.34. The molecule has 2 aromatic heterocycles. The maximum atomic E-state index is 11.2. The first-order valence-electron chi connectivity index (χ1n) is 5.48. The van der Waals surface area contributed by atoms with Crippen LogP contribution in [-0.2, 0) is 16.6 Å². The second-order valence-corrected chi connectivity index (χ2v) is 5.32. The van der Waals surface area contributed by atoms with Gasteiger partial charge < -0.3 is 4.74 Å². The zero-order valence-electron chi connectivity index (χ0n) is 10.5. The molecular formula is C11H14N4O2S. The monoisotopic (exact) mass is 266 g/mol. The van der Waals surface area contributed by atoms with Crippen LogP contribution in [-0.4, -0.2) is 38.1 Å². The first kappa shape index (κ1) is 12.8. The fourth-order valence-corrected chi connectivity index (χ4v) is 2.56. The Kier molecular flexibility index (Phi) is 3.81. The smallest absolute Gasteiger partial charge is 0.306 e. The molecule has 0 aliphatic carbocycles. The standard InChI is InChI=1S/C11H14N4O2S/c1-7(4-9(16)17-3)18-11-8-5-14-15(2)10(8)12-6-13-11/h5-7H,4H2,1-3H3. The summed E-state index contributed by atoms with van der Waals surface area (Å²) in [5, 5.41) is 5.99. The molecule has 0 aromatic carbocycles. The minimum absolute atomic E-state index is 0.0933. The minimum atomic E-state index is -0.216. The van der Waals surface area contributed by atoms with Crippen molar-refractivity contribution in [3.05, 3.63) is 12.5 Å². The topological polar surface area (TPSA) is 69.9 Å². The number of aryl methyl sites for hydroxylation is 1. The van der Waals surface area contributed by atoms with Crippen LogP contribution in [0, 0.1) is 0 Å². The van der Waals surface area contributed by atoms with Crippen molar-refractivity contribution >= 4 is 28.8 Å². The Balaban J connectivity index is 2.19. The maximum Gasteiger partial charge on any atom is 0.306 e. The molecule has 1 unspecified atom stereocenters. The molecule has 2 rings (SSSR count). The van der Waals surface area contributed by atoms with Crippen molar-refractivity contribution in [2.45, 2.75) is 23.6 Å². The third-order valence-corrected chi connectivity index (χ3v) is 3.61. The van der Waals surface area contributed by atoms with Crippen LogP contribution in [0.5, 0.6) is 0 Å². The molecule has 96 valence electrons. The van der Waals surface area contributed by atoms with Crippen LogP contribution in [0.15, 0.2) is 17.6 Å². The van der Waals surface area contributed by atoms with Gasteiger partial charge in [-0.1, -0.05) is 6.92 Å². The summed E-state index contributed by atoms with van der Waals surface area (Å²) < 4.78 is 6.35. The number of esters is 1. The number of nitrogens with zero attached hydrogens (tertiary/aromatic N) is 4. The Hall–Kier alpha value is -1.63. The van der Waals surface area contributed by atoms with Crippen LogP contribution in [0.4, 0.5) is 0 Å². The van der Waals surface area contributed by atoms with Crippen LogP contribution >= 0.6 is 11.8 Å². The Bertz CT molecular complexity index is 569. The zero-order valence-corrected chi connectivity index (χ0v) is 11.3. The van der Waals surface area contributed by atoms with E-state index in [0.717, 1.165) is 16.1 Å². The van der Waals surface area contributed by atoms with Gasteiger partial charge in [0.25, 0.3) is 0 Å². The Morgan fingerprint density at radius 2 is 2.33 bits per heavy atom. The molecule has 2 aromatic rings. The predicted octanol–water partition coefficient (Wildman–Crippen LogP) is 1.41. The van der Waals surface area contributed by atoms with Gasteiger partial charge in [0.05, 0.1) is 25.1 Å². The molecule has 0 radical (unpaired) electrons. The van der Waals surface area contributed by atoms with Gasteiger partial charge in [0.1, 0.15) is 11.4 Å². The van der Waals surface area contributed by atoms with Crippen LogP contribution in [0.3, 0.4) is 0 Å².